The lowest BCUT2D eigenvalue weighted by molar-refractivity contribution is 0.330. The van der Waals surface area contributed by atoms with Crippen LogP contribution in [0.25, 0.3) is 0 Å². The third kappa shape index (κ3) is 6.19. The van der Waals surface area contributed by atoms with Gasteiger partial charge in [-0.05, 0) is 49.7 Å². The average molecular weight is 295 g/mol. The topological polar surface area (TPSA) is 23.5 Å². The van der Waals surface area contributed by atoms with Crippen LogP contribution in [0.2, 0.25) is 0 Å². The first-order chi connectivity index (χ1) is 9.54. The van der Waals surface area contributed by atoms with Gasteiger partial charge in [0, 0.05) is 12.3 Å². The molecule has 2 unspecified atom stereocenters. The number of aromatic hydroxyl groups is 1. The summed E-state index contributed by atoms with van der Waals surface area (Å²) >= 11 is 2.02. The number of phenolic OH excluding ortho intramolecular Hbond substituents is 1. The first-order valence-corrected chi connectivity index (χ1v) is 8.70. The molecule has 2 nitrogen and oxygen atoms in total. The molecule has 0 amide bonds. The summed E-state index contributed by atoms with van der Waals surface area (Å²) in [5.41, 5.74) is 1.07. The highest BCUT2D eigenvalue weighted by atomic mass is 32.2. The minimum absolute atomic E-state index is 0.405. The first-order valence-electron chi connectivity index (χ1n) is 7.55. The van der Waals surface area contributed by atoms with E-state index in [1.807, 2.05) is 30.0 Å². The molecule has 20 heavy (non-hydrogen) atoms. The van der Waals surface area contributed by atoms with Crippen molar-refractivity contribution >= 4 is 11.8 Å². The quantitative estimate of drug-likeness (QED) is 0.738. The van der Waals surface area contributed by atoms with Crippen molar-refractivity contribution in [1.82, 2.24) is 4.90 Å². The highest BCUT2D eigenvalue weighted by molar-refractivity contribution is 7.99. The maximum absolute atomic E-state index is 9.88. The molecule has 0 radical (unpaired) electrons. The van der Waals surface area contributed by atoms with Gasteiger partial charge in [-0.2, -0.15) is 11.8 Å². The molecule has 1 aromatic rings. The molecule has 0 aliphatic rings. The zero-order valence-corrected chi connectivity index (χ0v) is 14.1. The third-order valence-corrected chi connectivity index (χ3v) is 4.95. The van der Waals surface area contributed by atoms with Crippen LogP contribution in [0, 0.1) is 5.92 Å². The predicted octanol–water partition coefficient (Wildman–Crippen LogP) is 4.21. The van der Waals surface area contributed by atoms with E-state index in [1.54, 1.807) is 6.07 Å². The number of para-hydroxylation sites is 1. The molecule has 0 aromatic heterocycles. The van der Waals surface area contributed by atoms with E-state index in [4.69, 9.17) is 0 Å². The number of phenols is 1. The lowest BCUT2D eigenvalue weighted by atomic mass is 10.0. The smallest absolute Gasteiger partial charge is 0.119 e. The predicted molar refractivity (Wildman–Crippen MR) is 90.8 cm³/mol. The number of hydrogen-bond acceptors (Lipinski definition) is 3. The van der Waals surface area contributed by atoms with E-state index in [2.05, 4.69) is 32.8 Å². The summed E-state index contributed by atoms with van der Waals surface area (Å²) in [5, 5.41) is 9.88. The van der Waals surface area contributed by atoms with Crippen LogP contribution in [0.5, 0.6) is 5.75 Å². The third-order valence-electron chi connectivity index (χ3n) is 3.51. The van der Waals surface area contributed by atoms with Crippen molar-refractivity contribution in [2.24, 2.45) is 5.92 Å². The highest BCUT2D eigenvalue weighted by Crippen LogP contribution is 2.28. The van der Waals surface area contributed by atoms with Crippen LogP contribution < -0.4 is 0 Å². The number of rotatable bonds is 9. The molecule has 0 aliphatic carbocycles. The van der Waals surface area contributed by atoms with Crippen molar-refractivity contribution in [3.8, 4) is 5.75 Å². The summed E-state index contributed by atoms with van der Waals surface area (Å²) in [6.45, 7) is 5.63. The Morgan fingerprint density at radius 1 is 1.20 bits per heavy atom. The minimum Gasteiger partial charge on any atom is -0.508 e. The van der Waals surface area contributed by atoms with Crippen molar-refractivity contribution in [3.63, 3.8) is 0 Å². The van der Waals surface area contributed by atoms with Crippen LogP contribution in [0.15, 0.2) is 24.3 Å². The lowest BCUT2D eigenvalue weighted by Gasteiger charge is -2.21. The Balaban J connectivity index is 2.40. The highest BCUT2D eigenvalue weighted by Gasteiger charge is 2.13. The maximum Gasteiger partial charge on any atom is 0.119 e. The Hall–Kier alpha value is -0.670. The first kappa shape index (κ1) is 17.4. The summed E-state index contributed by atoms with van der Waals surface area (Å²) < 4.78 is 0. The Bertz CT molecular complexity index is 381. The summed E-state index contributed by atoms with van der Waals surface area (Å²) in [6.07, 6.45) is 2.56. The Morgan fingerprint density at radius 3 is 2.50 bits per heavy atom. The van der Waals surface area contributed by atoms with Crippen molar-refractivity contribution < 1.29 is 5.11 Å². The number of benzene rings is 1. The van der Waals surface area contributed by atoms with Crippen molar-refractivity contribution in [3.05, 3.63) is 29.8 Å². The molecule has 1 N–H and O–H groups in total. The van der Waals surface area contributed by atoms with Crippen LogP contribution >= 0.6 is 11.8 Å². The molecule has 0 bridgehead atoms. The molecule has 2 atom stereocenters. The van der Waals surface area contributed by atoms with Gasteiger partial charge in [-0.3, -0.25) is 0 Å². The van der Waals surface area contributed by atoms with E-state index in [-0.39, 0.29) is 0 Å². The molecule has 1 aromatic carbocycles. The van der Waals surface area contributed by atoms with Crippen LogP contribution in [0.4, 0.5) is 0 Å². The molecular formula is C17H29NOS. The van der Waals surface area contributed by atoms with Gasteiger partial charge in [0.1, 0.15) is 5.75 Å². The fourth-order valence-corrected chi connectivity index (χ4v) is 3.83. The molecule has 0 heterocycles. The monoisotopic (exact) mass is 295 g/mol. The molecule has 0 fully saturated rings. The molecule has 0 aliphatic heterocycles. The second-order valence-electron chi connectivity index (χ2n) is 5.91. The second kappa shape index (κ2) is 9.30. The number of hydrogen-bond donors (Lipinski definition) is 1. The summed E-state index contributed by atoms with van der Waals surface area (Å²) in [6, 6.07) is 7.70. The summed E-state index contributed by atoms with van der Waals surface area (Å²) in [4.78, 5) is 2.29. The van der Waals surface area contributed by atoms with Gasteiger partial charge in [-0.25, -0.2) is 0 Å². The van der Waals surface area contributed by atoms with Crippen molar-refractivity contribution in [1.29, 1.82) is 0 Å². The van der Waals surface area contributed by atoms with E-state index in [0.717, 1.165) is 17.2 Å². The molecule has 0 saturated carbocycles. The SMILES string of the molecule is CCCC(CSCC(C)c1ccccc1O)CN(C)C. The molecular weight excluding hydrogens is 266 g/mol. The molecule has 1 rings (SSSR count). The largest absolute Gasteiger partial charge is 0.508 e. The van der Waals surface area contributed by atoms with Gasteiger partial charge in [0.05, 0.1) is 0 Å². The van der Waals surface area contributed by atoms with Crippen LogP contribution in [-0.4, -0.2) is 42.2 Å². The summed E-state index contributed by atoms with van der Waals surface area (Å²) in [7, 11) is 4.30. The van der Waals surface area contributed by atoms with Gasteiger partial charge in [0.25, 0.3) is 0 Å². The van der Waals surface area contributed by atoms with Crippen molar-refractivity contribution in [2.45, 2.75) is 32.6 Å². The van der Waals surface area contributed by atoms with Crippen molar-refractivity contribution in [2.75, 3.05) is 32.1 Å². The average Bonchev–Trinajstić information content (AvgIpc) is 2.38. The second-order valence-corrected chi connectivity index (χ2v) is 6.99. The Labute approximate surface area is 128 Å². The molecule has 3 heteroatoms. The van der Waals surface area contributed by atoms with Gasteiger partial charge < -0.3 is 10.0 Å². The van der Waals surface area contributed by atoms with E-state index in [9.17, 15) is 5.11 Å². The molecule has 114 valence electrons. The van der Waals surface area contributed by atoms with E-state index in [1.165, 1.54) is 25.1 Å². The molecule has 0 spiro atoms. The van der Waals surface area contributed by atoms with Gasteiger partial charge in [0.2, 0.25) is 0 Å². The zero-order chi connectivity index (χ0) is 15.0. The Morgan fingerprint density at radius 2 is 1.90 bits per heavy atom. The van der Waals surface area contributed by atoms with Crippen LogP contribution in [0.1, 0.15) is 38.2 Å². The maximum atomic E-state index is 9.88. The number of thioether (sulfide) groups is 1. The van der Waals surface area contributed by atoms with Crippen LogP contribution in [0.3, 0.4) is 0 Å². The lowest BCUT2D eigenvalue weighted by Crippen LogP contribution is -2.23. The fourth-order valence-electron chi connectivity index (χ4n) is 2.56. The van der Waals surface area contributed by atoms with E-state index >= 15 is 0 Å². The van der Waals surface area contributed by atoms with Crippen LogP contribution in [-0.2, 0) is 0 Å². The number of nitrogens with zero attached hydrogens (tertiary/aromatic N) is 1. The normalized spacial score (nSPS) is 14.4. The minimum atomic E-state index is 0.405. The van der Waals surface area contributed by atoms with Gasteiger partial charge >= 0.3 is 0 Å². The Kier molecular flexibility index (Phi) is 8.08. The van der Waals surface area contributed by atoms with Gasteiger partial charge in [-0.15, -0.1) is 0 Å². The van der Waals surface area contributed by atoms with Gasteiger partial charge in [-0.1, -0.05) is 38.5 Å². The standard InChI is InChI=1S/C17H29NOS/c1-5-8-15(11-18(3)4)13-20-12-14(2)16-9-6-7-10-17(16)19/h6-7,9-10,14-15,19H,5,8,11-13H2,1-4H3. The summed E-state index contributed by atoms with van der Waals surface area (Å²) in [5.74, 6) is 3.90. The zero-order valence-electron chi connectivity index (χ0n) is 13.3. The van der Waals surface area contributed by atoms with Gasteiger partial charge in [0.15, 0.2) is 0 Å². The fraction of sp³-hybridized carbons (Fsp3) is 0.647. The molecule has 0 saturated heterocycles. The van der Waals surface area contributed by atoms with E-state index < -0.39 is 0 Å². The van der Waals surface area contributed by atoms with E-state index in [0.29, 0.717) is 11.7 Å².